The summed E-state index contributed by atoms with van der Waals surface area (Å²) in [5.41, 5.74) is 0.210. The van der Waals surface area contributed by atoms with Crippen molar-refractivity contribution in [1.82, 2.24) is 0 Å². The van der Waals surface area contributed by atoms with Crippen LogP contribution in [0.4, 0.5) is 0 Å². The molecule has 2 aliphatic carbocycles. The third-order valence-corrected chi connectivity index (χ3v) is 5.73. The molecule has 1 saturated heterocycles. The van der Waals surface area contributed by atoms with Crippen molar-refractivity contribution >= 4 is 11.8 Å². The normalized spacial score (nSPS) is 44.9. The molecule has 0 amide bonds. The predicted molar refractivity (Wildman–Crippen MR) is 77.3 cm³/mol. The van der Waals surface area contributed by atoms with Crippen LogP contribution in [0.2, 0.25) is 0 Å². The molecule has 3 aliphatic rings. The average molecular weight is 290 g/mol. The quantitative estimate of drug-likeness (QED) is 0.446. The van der Waals surface area contributed by atoms with Crippen molar-refractivity contribution in [2.45, 2.75) is 52.2 Å². The Bertz CT molecular complexity index is 561. The zero-order valence-corrected chi connectivity index (χ0v) is 13.0. The Hall–Kier alpha value is -1.42. The summed E-state index contributed by atoms with van der Waals surface area (Å²) in [4.78, 5) is 23.5. The zero-order chi connectivity index (χ0) is 15.4. The first-order valence-electron chi connectivity index (χ1n) is 7.57. The molecule has 0 aromatic carbocycles. The summed E-state index contributed by atoms with van der Waals surface area (Å²) in [6.45, 7) is 7.56. The number of rotatable bonds is 2. The van der Waals surface area contributed by atoms with E-state index in [0.717, 1.165) is 18.4 Å². The summed E-state index contributed by atoms with van der Waals surface area (Å²) in [6.07, 6.45) is 7.38. The van der Waals surface area contributed by atoms with Gasteiger partial charge in [-0.2, -0.15) is 0 Å². The molecule has 0 aromatic heterocycles. The average Bonchev–Trinajstić information content (AvgIpc) is 3.14. The van der Waals surface area contributed by atoms with Crippen LogP contribution >= 0.6 is 0 Å². The number of ether oxygens (including phenoxy) is 2. The first-order chi connectivity index (χ1) is 9.83. The van der Waals surface area contributed by atoms with E-state index in [4.69, 9.17) is 9.47 Å². The summed E-state index contributed by atoms with van der Waals surface area (Å²) in [7, 11) is 0. The van der Waals surface area contributed by atoms with Crippen LogP contribution in [-0.2, 0) is 19.1 Å². The Labute approximate surface area is 125 Å². The molecular weight excluding hydrogens is 268 g/mol. The van der Waals surface area contributed by atoms with Crippen molar-refractivity contribution < 1.29 is 19.1 Å². The fraction of sp³-hybridized carbons (Fsp3) is 0.647. The van der Waals surface area contributed by atoms with Gasteiger partial charge in [-0.05, 0) is 43.4 Å². The van der Waals surface area contributed by atoms with Crippen LogP contribution in [0.15, 0.2) is 24.0 Å². The van der Waals surface area contributed by atoms with E-state index in [1.54, 1.807) is 6.08 Å². The summed E-state index contributed by atoms with van der Waals surface area (Å²) in [5.74, 6) is -0.213. The SMILES string of the molecule is CC(=O)O/C=C(\C)[C@H]1C(=O)C=C[C@@]23O[C@@H]2CC[C@H](C)[C@@]13C. The number of ketones is 1. The molecule has 1 heterocycles. The van der Waals surface area contributed by atoms with Gasteiger partial charge >= 0.3 is 5.97 Å². The van der Waals surface area contributed by atoms with E-state index >= 15 is 0 Å². The molecule has 0 aromatic rings. The highest BCUT2D eigenvalue weighted by Crippen LogP contribution is 2.66. The molecule has 1 spiro atoms. The second-order valence-corrected chi connectivity index (χ2v) is 6.80. The Morgan fingerprint density at radius 2 is 2.14 bits per heavy atom. The van der Waals surface area contributed by atoms with E-state index in [2.05, 4.69) is 13.8 Å². The van der Waals surface area contributed by atoms with Gasteiger partial charge in [0.15, 0.2) is 5.78 Å². The summed E-state index contributed by atoms with van der Waals surface area (Å²) >= 11 is 0. The van der Waals surface area contributed by atoms with E-state index in [9.17, 15) is 9.59 Å². The summed E-state index contributed by atoms with van der Waals surface area (Å²) in [6, 6.07) is 0. The van der Waals surface area contributed by atoms with Crippen LogP contribution in [0.5, 0.6) is 0 Å². The van der Waals surface area contributed by atoms with Gasteiger partial charge in [0.2, 0.25) is 0 Å². The smallest absolute Gasteiger partial charge is 0.307 e. The monoisotopic (exact) mass is 290 g/mol. The highest BCUT2D eigenvalue weighted by molar-refractivity contribution is 5.96. The topological polar surface area (TPSA) is 55.9 Å². The molecular formula is C17H22O4. The Morgan fingerprint density at radius 1 is 1.43 bits per heavy atom. The molecule has 114 valence electrons. The molecule has 0 bridgehead atoms. The lowest BCUT2D eigenvalue weighted by atomic mass is 9.51. The van der Waals surface area contributed by atoms with Crippen LogP contribution in [0.1, 0.15) is 40.5 Å². The molecule has 5 atom stereocenters. The van der Waals surface area contributed by atoms with Crippen molar-refractivity contribution in [3.63, 3.8) is 0 Å². The van der Waals surface area contributed by atoms with Crippen molar-refractivity contribution in [2.24, 2.45) is 17.3 Å². The molecule has 4 nitrogen and oxygen atoms in total. The molecule has 0 radical (unpaired) electrons. The standard InChI is InChI=1S/C17H22O4/c1-10(9-20-12(3)18)15-13(19)7-8-17-14(21-17)6-5-11(2)16(15,17)4/h7-9,11,14-15H,5-6H2,1-4H3/b10-9+/t11-,14+,15-,16-,17+/m0/s1. The number of hydrogen-bond acceptors (Lipinski definition) is 4. The molecule has 1 saturated carbocycles. The maximum atomic E-state index is 12.5. The molecule has 1 aliphatic heterocycles. The lowest BCUT2D eigenvalue weighted by Crippen LogP contribution is -2.54. The van der Waals surface area contributed by atoms with Crippen LogP contribution in [0.25, 0.3) is 0 Å². The van der Waals surface area contributed by atoms with Gasteiger partial charge in [0, 0.05) is 12.3 Å². The fourth-order valence-electron chi connectivity index (χ4n) is 4.41. The second-order valence-electron chi connectivity index (χ2n) is 6.80. The minimum absolute atomic E-state index is 0.0760. The van der Waals surface area contributed by atoms with Gasteiger partial charge in [-0.3, -0.25) is 9.59 Å². The van der Waals surface area contributed by atoms with Gasteiger partial charge in [0.1, 0.15) is 5.60 Å². The van der Waals surface area contributed by atoms with Crippen molar-refractivity contribution in [3.8, 4) is 0 Å². The third kappa shape index (κ3) is 1.85. The lowest BCUT2D eigenvalue weighted by molar-refractivity contribution is -0.136. The number of esters is 1. The largest absolute Gasteiger partial charge is 0.435 e. The molecule has 21 heavy (non-hydrogen) atoms. The molecule has 0 unspecified atom stereocenters. The second kappa shape index (κ2) is 4.54. The van der Waals surface area contributed by atoms with Gasteiger partial charge in [-0.1, -0.05) is 13.8 Å². The lowest BCUT2D eigenvalue weighted by Gasteiger charge is -2.49. The molecule has 3 rings (SSSR count). The number of hydrogen-bond donors (Lipinski definition) is 0. The van der Waals surface area contributed by atoms with E-state index < -0.39 is 0 Å². The van der Waals surface area contributed by atoms with Crippen LogP contribution in [-0.4, -0.2) is 23.5 Å². The number of epoxide rings is 1. The van der Waals surface area contributed by atoms with Gasteiger partial charge in [0.25, 0.3) is 0 Å². The van der Waals surface area contributed by atoms with Gasteiger partial charge in [-0.15, -0.1) is 0 Å². The molecule has 2 fully saturated rings. The van der Waals surface area contributed by atoms with E-state index in [1.807, 2.05) is 13.0 Å². The van der Waals surface area contributed by atoms with Gasteiger partial charge in [-0.25, -0.2) is 0 Å². The number of carbonyl (C=O) groups is 2. The number of carbonyl (C=O) groups excluding carboxylic acids is 2. The van der Waals surface area contributed by atoms with Gasteiger partial charge in [0.05, 0.1) is 18.3 Å². The Kier molecular flexibility index (Phi) is 3.14. The summed E-state index contributed by atoms with van der Waals surface area (Å²) < 4.78 is 11.0. The highest BCUT2D eigenvalue weighted by atomic mass is 16.6. The molecule has 4 heteroatoms. The van der Waals surface area contributed by atoms with E-state index in [0.29, 0.717) is 5.92 Å². The van der Waals surface area contributed by atoms with Crippen LogP contribution in [0.3, 0.4) is 0 Å². The number of allylic oxidation sites excluding steroid dienone is 2. The summed E-state index contributed by atoms with van der Waals surface area (Å²) in [5, 5.41) is 0. The van der Waals surface area contributed by atoms with E-state index in [1.165, 1.54) is 13.2 Å². The Balaban J connectivity index is 2.02. The Morgan fingerprint density at radius 3 is 2.81 bits per heavy atom. The highest BCUT2D eigenvalue weighted by Gasteiger charge is 2.73. The van der Waals surface area contributed by atoms with Gasteiger partial charge < -0.3 is 9.47 Å². The van der Waals surface area contributed by atoms with Crippen LogP contribution < -0.4 is 0 Å². The first-order valence-corrected chi connectivity index (χ1v) is 7.57. The van der Waals surface area contributed by atoms with Crippen molar-refractivity contribution in [3.05, 3.63) is 24.0 Å². The first kappa shape index (κ1) is 14.5. The third-order valence-electron chi connectivity index (χ3n) is 5.73. The van der Waals surface area contributed by atoms with E-state index in [-0.39, 0.29) is 34.8 Å². The van der Waals surface area contributed by atoms with Crippen molar-refractivity contribution in [1.29, 1.82) is 0 Å². The van der Waals surface area contributed by atoms with Crippen LogP contribution in [0, 0.1) is 17.3 Å². The molecule has 0 N–H and O–H groups in total. The minimum Gasteiger partial charge on any atom is -0.435 e. The maximum absolute atomic E-state index is 12.5. The minimum atomic E-state index is -0.370. The van der Waals surface area contributed by atoms with Crippen molar-refractivity contribution in [2.75, 3.05) is 0 Å². The zero-order valence-electron chi connectivity index (χ0n) is 13.0. The predicted octanol–water partition coefficient (Wildman–Crippen LogP) is 2.78. The fourth-order valence-corrected chi connectivity index (χ4v) is 4.41. The maximum Gasteiger partial charge on any atom is 0.307 e.